The Hall–Kier alpha value is -4.14. The Morgan fingerprint density at radius 1 is 1.12 bits per heavy atom. The van der Waals surface area contributed by atoms with Gasteiger partial charge in [-0.25, -0.2) is 9.59 Å². The molecule has 9 heteroatoms. The second-order valence-electron chi connectivity index (χ2n) is 8.58. The highest BCUT2D eigenvalue weighted by molar-refractivity contribution is 5.96. The number of aliphatic carboxylic acids is 1. The van der Waals surface area contributed by atoms with Gasteiger partial charge in [0.05, 0.1) is 0 Å². The fourth-order valence-corrected chi connectivity index (χ4v) is 4.50. The number of carboxylic acids is 1. The molecule has 2 aliphatic rings. The Morgan fingerprint density at radius 2 is 1.74 bits per heavy atom. The number of benzene rings is 2. The molecule has 1 aromatic heterocycles. The summed E-state index contributed by atoms with van der Waals surface area (Å²) in [6.07, 6.45) is 0.843. The summed E-state index contributed by atoms with van der Waals surface area (Å²) in [6, 6.07) is 16.4. The van der Waals surface area contributed by atoms with Crippen LogP contribution in [0.2, 0.25) is 0 Å². The normalized spacial score (nSPS) is 15.2. The fraction of sp³-hybridized carbons (Fsp3) is 0.280. The summed E-state index contributed by atoms with van der Waals surface area (Å²) in [6.45, 7) is 1.63. The molecule has 3 aromatic rings. The lowest BCUT2D eigenvalue weighted by molar-refractivity contribution is -0.141. The number of rotatable bonds is 7. The highest BCUT2D eigenvalue weighted by Crippen LogP contribution is 2.44. The number of hydrogen-bond acceptors (Lipinski definition) is 5. The van der Waals surface area contributed by atoms with Crippen LogP contribution in [0.5, 0.6) is 0 Å². The molecule has 2 aliphatic carbocycles. The first kappa shape index (κ1) is 21.7. The maximum Gasteiger partial charge on any atom is 0.412 e. The van der Waals surface area contributed by atoms with Crippen LogP contribution in [0.25, 0.3) is 11.1 Å². The van der Waals surface area contributed by atoms with Crippen molar-refractivity contribution in [2.75, 3.05) is 11.9 Å². The molecule has 0 saturated heterocycles. The van der Waals surface area contributed by atoms with Crippen LogP contribution in [0.1, 0.15) is 47.3 Å². The van der Waals surface area contributed by atoms with Gasteiger partial charge in [0.2, 0.25) is 0 Å². The summed E-state index contributed by atoms with van der Waals surface area (Å²) in [7, 11) is 0. The Bertz CT molecular complexity index is 1220. The van der Waals surface area contributed by atoms with Crippen molar-refractivity contribution >= 4 is 23.8 Å². The largest absolute Gasteiger partial charge is 0.480 e. The Morgan fingerprint density at radius 3 is 2.32 bits per heavy atom. The number of amides is 2. The molecule has 9 nitrogen and oxygen atoms in total. The number of carbonyl (C=O) groups is 3. The van der Waals surface area contributed by atoms with E-state index >= 15 is 0 Å². The van der Waals surface area contributed by atoms with E-state index in [-0.39, 0.29) is 30.1 Å². The van der Waals surface area contributed by atoms with Crippen molar-refractivity contribution in [2.45, 2.75) is 37.8 Å². The summed E-state index contributed by atoms with van der Waals surface area (Å²) >= 11 is 0. The second kappa shape index (κ2) is 8.66. The third-order valence-electron chi connectivity index (χ3n) is 6.33. The third-order valence-corrected chi connectivity index (χ3v) is 6.33. The molecule has 34 heavy (non-hydrogen) atoms. The highest BCUT2D eigenvalue weighted by Gasteiger charge is 2.39. The van der Waals surface area contributed by atoms with E-state index in [0.717, 1.165) is 35.1 Å². The molecule has 1 atom stereocenters. The molecule has 0 aliphatic heterocycles. The number of ether oxygens (including phenoxy) is 1. The standard InChI is InChI=1S/C25H24N4O5/c1-14(24(31)32)29(15-10-11-15)23(30)21-12-22(28-27-21)26-25(33)34-13-20-18-8-4-2-6-16(18)17-7-3-5-9-19(17)20/h2-9,12,14-15,20H,10-11,13H2,1H3,(H,31,32)(H2,26,27,28,33). The van der Waals surface area contributed by atoms with Crippen molar-refractivity contribution in [1.29, 1.82) is 0 Å². The molecular formula is C25H24N4O5. The van der Waals surface area contributed by atoms with Gasteiger partial charge in [0, 0.05) is 18.0 Å². The van der Waals surface area contributed by atoms with Crippen LogP contribution in [-0.4, -0.2) is 56.9 Å². The van der Waals surface area contributed by atoms with Gasteiger partial charge in [0.25, 0.3) is 5.91 Å². The van der Waals surface area contributed by atoms with Crippen molar-refractivity contribution in [3.63, 3.8) is 0 Å². The molecule has 0 bridgehead atoms. The quantitative estimate of drug-likeness (QED) is 0.492. The predicted octanol–water partition coefficient (Wildman–Crippen LogP) is 3.85. The van der Waals surface area contributed by atoms with Crippen LogP contribution in [0.4, 0.5) is 10.6 Å². The van der Waals surface area contributed by atoms with Crippen LogP contribution < -0.4 is 5.32 Å². The molecule has 5 rings (SSSR count). The van der Waals surface area contributed by atoms with E-state index in [4.69, 9.17) is 4.74 Å². The van der Waals surface area contributed by atoms with Crippen molar-refractivity contribution in [3.8, 4) is 11.1 Å². The van der Waals surface area contributed by atoms with Gasteiger partial charge in [-0.1, -0.05) is 48.5 Å². The molecule has 0 spiro atoms. The molecule has 2 aromatic carbocycles. The van der Waals surface area contributed by atoms with Crippen molar-refractivity contribution in [3.05, 3.63) is 71.4 Å². The van der Waals surface area contributed by atoms with Gasteiger partial charge >= 0.3 is 12.1 Å². The third kappa shape index (κ3) is 4.00. The first-order valence-corrected chi connectivity index (χ1v) is 11.2. The maximum atomic E-state index is 12.9. The molecular weight excluding hydrogens is 436 g/mol. The second-order valence-corrected chi connectivity index (χ2v) is 8.58. The van der Waals surface area contributed by atoms with Crippen molar-refractivity contribution in [2.24, 2.45) is 0 Å². The van der Waals surface area contributed by atoms with E-state index in [2.05, 4.69) is 27.6 Å². The van der Waals surface area contributed by atoms with E-state index in [0.29, 0.717) is 0 Å². The number of aromatic amines is 1. The lowest BCUT2D eigenvalue weighted by atomic mass is 9.98. The number of fused-ring (bicyclic) bond motifs is 3. The number of H-pyrrole nitrogens is 1. The first-order chi connectivity index (χ1) is 16.4. The molecule has 1 unspecified atom stereocenters. The SMILES string of the molecule is CC(C(=O)O)N(C(=O)c1cc(NC(=O)OCC2c3ccccc3-c3ccccc32)n[nH]1)C1CC1. The van der Waals surface area contributed by atoms with Gasteiger partial charge in [-0.05, 0) is 42.0 Å². The Kier molecular flexibility index (Phi) is 5.53. The van der Waals surface area contributed by atoms with Gasteiger partial charge < -0.3 is 14.7 Å². The van der Waals surface area contributed by atoms with E-state index in [9.17, 15) is 19.5 Å². The zero-order chi connectivity index (χ0) is 23.8. The molecule has 1 heterocycles. The maximum absolute atomic E-state index is 12.9. The van der Waals surface area contributed by atoms with Crippen LogP contribution >= 0.6 is 0 Å². The average molecular weight is 460 g/mol. The number of nitrogens with one attached hydrogen (secondary N) is 2. The van der Waals surface area contributed by atoms with E-state index in [1.807, 2.05) is 36.4 Å². The summed E-state index contributed by atoms with van der Waals surface area (Å²) in [4.78, 5) is 38.1. The zero-order valence-corrected chi connectivity index (χ0v) is 18.5. The molecule has 174 valence electrons. The van der Waals surface area contributed by atoms with Gasteiger partial charge in [-0.3, -0.25) is 15.2 Å². The number of hydrogen-bond donors (Lipinski definition) is 3. The minimum atomic E-state index is -1.07. The zero-order valence-electron chi connectivity index (χ0n) is 18.5. The van der Waals surface area contributed by atoms with Gasteiger partial charge in [0.1, 0.15) is 18.3 Å². The lowest BCUT2D eigenvalue weighted by Gasteiger charge is -2.25. The van der Waals surface area contributed by atoms with Crippen molar-refractivity contribution < 1.29 is 24.2 Å². The molecule has 3 N–H and O–H groups in total. The summed E-state index contributed by atoms with van der Waals surface area (Å²) < 4.78 is 5.50. The summed E-state index contributed by atoms with van der Waals surface area (Å²) in [5.41, 5.74) is 4.60. The number of anilines is 1. The molecule has 2 amide bonds. The topological polar surface area (TPSA) is 125 Å². The fourth-order valence-electron chi connectivity index (χ4n) is 4.50. The smallest absolute Gasteiger partial charge is 0.412 e. The average Bonchev–Trinajstić information content (AvgIpc) is 3.47. The highest BCUT2D eigenvalue weighted by atomic mass is 16.5. The Labute approximate surface area is 195 Å². The monoisotopic (exact) mass is 460 g/mol. The van der Waals surface area contributed by atoms with E-state index < -0.39 is 24.0 Å². The van der Waals surface area contributed by atoms with Gasteiger partial charge in [-0.2, -0.15) is 5.10 Å². The number of nitrogens with zero attached hydrogens (tertiary/aromatic N) is 2. The minimum Gasteiger partial charge on any atom is -0.480 e. The molecule has 1 saturated carbocycles. The summed E-state index contributed by atoms with van der Waals surface area (Å²) in [5, 5.41) is 18.4. The minimum absolute atomic E-state index is 0.0703. The number of carboxylic acid groups (broad SMARTS) is 1. The number of carbonyl (C=O) groups excluding carboxylic acids is 2. The lowest BCUT2D eigenvalue weighted by Crippen LogP contribution is -2.44. The number of aromatic nitrogens is 2. The van der Waals surface area contributed by atoms with Crippen LogP contribution in [0, 0.1) is 0 Å². The van der Waals surface area contributed by atoms with E-state index in [1.54, 1.807) is 0 Å². The summed E-state index contributed by atoms with van der Waals surface area (Å²) in [5.74, 6) is -1.49. The van der Waals surface area contributed by atoms with Gasteiger partial charge in [0.15, 0.2) is 5.82 Å². The molecule has 0 radical (unpaired) electrons. The van der Waals surface area contributed by atoms with Crippen LogP contribution in [0.15, 0.2) is 54.6 Å². The van der Waals surface area contributed by atoms with Crippen molar-refractivity contribution in [1.82, 2.24) is 15.1 Å². The van der Waals surface area contributed by atoms with Gasteiger partial charge in [-0.15, -0.1) is 0 Å². The van der Waals surface area contributed by atoms with E-state index in [1.165, 1.54) is 17.9 Å². The Balaban J connectivity index is 1.24. The molecule has 1 fully saturated rings. The van der Waals surface area contributed by atoms with Crippen LogP contribution in [-0.2, 0) is 9.53 Å². The first-order valence-electron chi connectivity index (χ1n) is 11.2. The van der Waals surface area contributed by atoms with Crippen LogP contribution in [0.3, 0.4) is 0 Å². The predicted molar refractivity (Wildman–Crippen MR) is 124 cm³/mol.